The van der Waals surface area contributed by atoms with Gasteiger partial charge in [-0.3, -0.25) is 4.79 Å². The highest BCUT2D eigenvalue weighted by molar-refractivity contribution is 5.75. The molecule has 4 heteroatoms. The number of unbranched alkanes of at least 4 members (excludes halogenated alkanes) is 4. The Labute approximate surface area is 132 Å². The van der Waals surface area contributed by atoms with E-state index in [0.717, 1.165) is 42.4 Å². The lowest BCUT2D eigenvalue weighted by molar-refractivity contribution is 0.629. The van der Waals surface area contributed by atoms with E-state index in [2.05, 4.69) is 24.3 Å². The molecule has 0 unspecified atom stereocenters. The number of fused-ring (bicyclic) bond motifs is 1. The first-order valence-electron chi connectivity index (χ1n) is 8.51. The molecule has 0 aliphatic heterocycles. The van der Waals surface area contributed by atoms with Crippen LogP contribution in [0, 0.1) is 0 Å². The van der Waals surface area contributed by atoms with E-state index in [4.69, 9.17) is 0 Å². The molecule has 0 saturated heterocycles. The van der Waals surface area contributed by atoms with Crippen molar-refractivity contribution in [1.82, 2.24) is 9.66 Å². The van der Waals surface area contributed by atoms with E-state index >= 15 is 0 Å². The summed E-state index contributed by atoms with van der Waals surface area (Å²) in [4.78, 5) is 17.0. The molecule has 22 heavy (non-hydrogen) atoms. The Hall–Kier alpha value is -1.84. The normalized spacial score (nSPS) is 11.0. The van der Waals surface area contributed by atoms with Gasteiger partial charge in [0.15, 0.2) is 5.65 Å². The molecule has 0 bridgehead atoms. The van der Waals surface area contributed by atoms with Gasteiger partial charge >= 0.3 is 0 Å². The fourth-order valence-electron chi connectivity index (χ4n) is 2.71. The van der Waals surface area contributed by atoms with Crippen LogP contribution in [0.3, 0.4) is 0 Å². The minimum Gasteiger partial charge on any atom is -0.321 e. The molecule has 0 spiro atoms. The molecule has 120 valence electrons. The second-order valence-corrected chi connectivity index (χ2v) is 5.80. The molecule has 0 amide bonds. The third-order valence-electron chi connectivity index (χ3n) is 3.91. The molecule has 0 aliphatic rings. The highest BCUT2D eigenvalue weighted by atomic mass is 16.1. The number of nitrogens with one attached hydrogen (secondary N) is 1. The monoisotopic (exact) mass is 301 g/mol. The zero-order valence-corrected chi connectivity index (χ0v) is 13.8. The molecule has 2 aromatic heterocycles. The van der Waals surface area contributed by atoms with Crippen molar-refractivity contribution >= 4 is 11.0 Å². The molecule has 0 aromatic carbocycles. The summed E-state index contributed by atoms with van der Waals surface area (Å²) >= 11 is 0. The van der Waals surface area contributed by atoms with Crippen molar-refractivity contribution in [1.29, 1.82) is 0 Å². The van der Waals surface area contributed by atoms with Crippen LogP contribution in [0.25, 0.3) is 11.0 Å². The van der Waals surface area contributed by atoms with Gasteiger partial charge in [0, 0.05) is 23.7 Å². The first-order chi connectivity index (χ1) is 10.8. The fourth-order valence-corrected chi connectivity index (χ4v) is 2.71. The molecule has 2 aromatic rings. The lowest BCUT2D eigenvalue weighted by atomic mass is 10.1. The molecular weight excluding hydrogens is 274 g/mol. The Morgan fingerprint density at radius 1 is 1.14 bits per heavy atom. The SMILES string of the molecule is CCCCCCCNn1c(=O)c(CCC)cc2cccnc21. The first-order valence-corrected chi connectivity index (χ1v) is 8.51. The van der Waals surface area contributed by atoms with Crippen LogP contribution < -0.4 is 11.0 Å². The van der Waals surface area contributed by atoms with Gasteiger partial charge < -0.3 is 5.43 Å². The van der Waals surface area contributed by atoms with Crippen LogP contribution in [0.1, 0.15) is 57.9 Å². The molecule has 0 atom stereocenters. The number of aromatic nitrogens is 2. The Balaban J connectivity index is 2.16. The Kier molecular flexibility index (Phi) is 6.44. The summed E-state index contributed by atoms with van der Waals surface area (Å²) in [5.74, 6) is 0. The Morgan fingerprint density at radius 2 is 1.95 bits per heavy atom. The van der Waals surface area contributed by atoms with E-state index in [0.29, 0.717) is 0 Å². The predicted octanol–water partition coefficient (Wildman–Crippen LogP) is 3.86. The van der Waals surface area contributed by atoms with Crippen molar-refractivity contribution in [2.45, 2.75) is 58.8 Å². The second kappa shape index (κ2) is 8.57. The lowest BCUT2D eigenvalue weighted by Crippen LogP contribution is -2.32. The maximum absolute atomic E-state index is 12.6. The molecule has 0 saturated carbocycles. The summed E-state index contributed by atoms with van der Waals surface area (Å²) in [6.07, 6.45) is 9.60. The van der Waals surface area contributed by atoms with Crippen molar-refractivity contribution in [3.63, 3.8) is 0 Å². The Morgan fingerprint density at radius 3 is 2.73 bits per heavy atom. The van der Waals surface area contributed by atoms with E-state index in [1.54, 1.807) is 10.9 Å². The summed E-state index contributed by atoms with van der Waals surface area (Å²) in [5, 5.41) is 1.02. The van der Waals surface area contributed by atoms with Crippen LogP contribution >= 0.6 is 0 Å². The maximum Gasteiger partial charge on any atom is 0.274 e. The van der Waals surface area contributed by atoms with Crippen molar-refractivity contribution in [3.05, 3.63) is 40.3 Å². The maximum atomic E-state index is 12.6. The summed E-state index contributed by atoms with van der Waals surface area (Å²) in [5.41, 5.74) is 4.90. The molecule has 2 heterocycles. The van der Waals surface area contributed by atoms with E-state index < -0.39 is 0 Å². The summed E-state index contributed by atoms with van der Waals surface area (Å²) < 4.78 is 1.64. The van der Waals surface area contributed by atoms with E-state index in [1.165, 1.54) is 25.7 Å². The van der Waals surface area contributed by atoms with Gasteiger partial charge in [0.05, 0.1) is 0 Å². The molecule has 0 fully saturated rings. The molecule has 2 rings (SSSR count). The number of hydrogen-bond donors (Lipinski definition) is 1. The summed E-state index contributed by atoms with van der Waals surface area (Å²) in [6.45, 7) is 5.12. The molecule has 0 radical (unpaired) electrons. The van der Waals surface area contributed by atoms with Crippen molar-refractivity contribution in [2.75, 3.05) is 12.0 Å². The third-order valence-corrected chi connectivity index (χ3v) is 3.91. The minimum atomic E-state index is 0.0432. The largest absolute Gasteiger partial charge is 0.321 e. The number of hydrogen-bond acceptors (Lipinski definition) is 3. The number of nitrogens with zero attached hydrogens (tertiary/aromatic N) is 2. The molecular formula is C18H27N3O. The van der Waals surface area contributed by atoms with Crippen molar-refractivity contribution in [2.24, 2.45) is 0 Å². The number of pyridine rings is 2. The van der Waals surface area contributed by atoms with E-state index in [9.17, 15) is 4.79 Å². The standard InChI is InChI=1S/C18H27N3O/c1-3-5-6-7-8-13-20-21-17-15(11-9-12-19-17)14-16(10-4-2)18(21)22/h9,11-12,14,20H,3-8,10,13H2,1-2H3. The topological polar surface area (TPSA) is 46.9 Å². The van der Waals surface area contributed by atoms with Crippen LogP contribution in [0.5, 0.6) is 0 Å². The summed E-state index contributed by atoms with van der Waals surface area (Å²) in [6, 6.07) is 5.91. The van der Waals surface area contributed by atoms with Gasteiger partial charge in [-0.25, -0.2) is 9.66 Å². The number of rotatable bonds is 9. The average molecular weight is 301 g/mol. The average Bonchev–Trinajstić information content (AvgIpc) is 2.54. The van der Waals surface area contributed by atoms with Crippen LogP contribution in [-0.2, 0) is 6.42 Å². The van der Waals surface area contributed by atoms with Gasteiger partial charge in [0.1, 0.15) is 0 Å². The Bertz CT molecular complexity index is 648. The molecule has 0 aliphatic carbocycles. The van der Waals surface area contributed by atoms with Crippen molar-refractivity contribution in [3.8, 4) is 0 Å². The van der Waals surface area contributed by atoms with Crippen LogP contribution in [0.4, 0.5) is 0 Å². The fraction of sp³-hybridized carbons (Fsp3) is 0.556. The van der Waals surface area contributed by atoms with Crippen molar-refractivity contribution < 1.29 is 0 Å². The van der Waals surface area contributed by atoms with Gasteiger partial charge in [0.2, 0.25) is 0 Å². The second-order valence-electron chi connectivity index (χ2n) is 5.80. The number of aryl methyl sites for hydroxylation is 1. The highest BCUT2D eigenvalue weighted by Gasteiger charge is 2.09. The van der Waals surface area contributed by atoms with E-state index in [-0.39, 0.29) is 5.56 Å². The predicted molar refractivity (Wildman–Crippen MR) is 93.0 cm³/mol. The quantitative estimate of drug-likeness (QED) is 0.715. The highest BCUT2D eigenvalue weighted by Crippen LogP contribution is 2.11. The molecule has 4 nitrogen and oxygen atoms in total. The first kappa shape index (κ1) is 16.5. The van der Waals surface area contributed by atoms with Gasteiger partial charge in [-0.05, 0) is 31.0 Å². The zero-order chi connectivity index (χ0) is 15.8. The van der Waals surface area contributed by atoms with Crippen LogP contribution in [0.15, 0.2) is 29.2 Å². The smallest absolute Gasteiger partial charge is 0.274 e. The van der Waals surface area contributed by atoms with E-state index in [1.807, 2.05) is 18.2 Å². The lowest BCUT2D eigenvalue weighted by Gasteiger charge is -2.14. The van der Waals surface area contributed by atoms with Gasteiger partial charge in [0.25, 0.3) is 5.56 Å². The zero-order valence-electron chi connectivity index (χ0n) is 13.8. The van der Waals surface area contributed by atoms with Gasteiger partial charge in [-0.15, -0.1) is 0 Å². The van der Waals surface area contributed by atoms with Gasteiger partial charge in [-0.1, -0.05) is 46.0 Å². The van der Waals surface area contributed by atoms with Gasteiger partial charge in [-0.2, -0.15) is 0 Å². The molecule has 1 N–H and O–H groups in total. The summed E-state index contributed by atoms with van der Waals surface area (Å²) in [7, 11) is 0. The van der Waals surface area contributed by atoms with Crippen LogP contribution in [-0.4, -0.2) is 16.2 Å². The van der Waals surface area contributed by atoms with Crippen LogP contribution in [0.2, 0.25) is 0 Å². The minimum absolute atomic E-state index is 0.0432. The third kappa shape index (κ3) is 4.09.